The molecular weight excluding hydrogens is 208 g/mol. The summed E-state index contributed by atoms with van der Waals surface area (Å²) in [5, 5.41) is 9.38. The zero-order valence-electron chi connectivity index (χ0n) is 8.31. The van der Waals surface area contributed by atoms with Crippen LogP contribution in [0.25, 0.3) is 0 Å². The number of phenolic OH excluding ortho intramolecular Hbond substituents is 1. The van der Waals surface area contributed by atoms with Gasteiger partial charge in [0.15, 0.2) is 0 Å². The summed E-state index contributed by atoms with van der Waals surface area (Å²) >= 11 is 0. The second-order valence-electron chi connectivity index (χ2n) is 3.37. The molecule has 5 nitrogen and oxygen atoms in total. The highest BCUT2D eigenvalue weighted by Crippen LogP contribution is 2.16. The maximum atomic E-state index is 11.5. The fourth-order valence-corrected chi connectivity index (χ4v) is 1.17. The zero-order chi connectivity index (χ0) is 11.5. The van der Waals surface area contributed by atoms with Crippen molar-refractivity contribution in [2.24, 2.45) is 5.92 Å². The summed E-state index contributed by atoms with van der Waals surface area (Å²) < 4.78 is 0. The van der Waals surface area contributed by atoms with E-state index in [9.17, 15) is 14.7 Å². The van der Waals surface area contributed by atoms with Crippen LogP contribution in [0, 0.1) is 5.92 Å². The fraction of sp³-hybridized carbons (Fsp3) is 0.0909. The standard InChI is InChI=1S/C11H10N2O3/c14-9-4-2-1-3-8(9)11(16)13-12-10(15)7-5-6-7/h1-7,14H,(H,12,15)(H,13,16). The second-order valence-corrected chi connectivity index (χ2v) is 3.37. The van der Waals surface area contributed by atoms with Crippen molar-refractivity contribution in [3.05, 3.63) is 42.0 Å². The lowest BCUT2D eigenvalue weighted by molar-refractivity contribution is -0.122. The molecule has 0 saturated heterocycles. The maximum Gasteiger partial charge on any atom is 0.273 e. The Balaban J connectivity index is 1.92. The van der Waals surface area contributed by atoms with E-state index in [0.717, 1.165) is 0 Å². The van der Waals surface area contributed by atoms with Crippen molar-refractivity contribution in [2.45, 2.75) is 0 Å². The van der Waals surface area contributed by atoms with Gasteiger partial charge in [0.1, 0.15) is 5.75 Å². The van der Waals surface area contributed by atoms with Crippen molar-refractivity contribution in [3.8, 4) is 5.75 Å². The van der Waals surface area contributed by atoms with Gasteiger partial charge in [-0.2, -0.15) is 0 Å². The number of hydrazine groups is 1. The number of para-hydroxylation sites is 1. The van der Waals surface area contributed by atoms with Crippen LogP contribution in [0.3, 0.4) is 0 Å². The molecule has 1 aliphatic rings. The van der Waals surface area contributed by atoms with Crippen molar-refractivity contribution < 1.29 is 14.7 Å². The van der Waals surface area contributed by atoms with E-state index in [0.29, 0.717) is 0 Å². The van der Waals surface area contributed by atoms with Gasteiger partial charge in [-0.3, -0.25) is 20.4 Å². The van der Waals surface area contributed by atoms with Gasteiger partial charge in [0.2, 0.25) is 5.91 Å². The van der Waals surface area contributed by atoms with E-state index in [1.165, 1.54) is 12.1 Å². The number of hydrogen-bond donors (Lipinski definition) is 3. The summed E-state index contributed by atoms with van der Waals surface area (Å²) in [5.41, 5.74) is 4.60. The Morgan fingerprint density at radius 1 is 1.12 bits per heavy atom. The van der Waals surface area contributed by atoms with Crippen LogP contribution in [0.15, 0.2) is 36.4 Å². The molecule has 1 aliphatic carbocycles. The molecule has 0 heterocycles. The molecule has 0 spiro atoms. The third-order valence-corrected chi connectivity index (χ3v) is 2.14. The van der Waals surface area contributed by atoms with E-state index in [-0.39, 0.29) is 23.1 Å². The number of carbonyl (C=O) groups excluding carboxylic acids is 2. The third kappa shape index (κ3) is 2.20. The van der Waals surface area contributed by atoms with Gasteiger partial charge in [0, 0.05) is 0 Å². The van der Waals surface area contributed by atoms with Crippen LogP contribution in [0.1, 0.15) is 10.4 Å². The fourth-order valence-electron chi connectivity index (χ4n) is 1.17. The molecule has 0 aliphatic heterocycles. The minimum Gasteiger partial charge on any atom is -0.507 e. The molecule has 2 rings (SSSR count). The molecule has 0 atom stereocenters. The van der Waals surface area contributed by atoms with Crippen LogP contribution >= 0.6 is 0 Å². The highest BCUT2D eigenvalue weighted by molar-refractivity contribution is 5.98. The van der Waals surface area contributed by atoms with Gasteiger partial charge in [0.25, 0.3) is 5.91 Å². The lowest BCUT2D eigenvalue weighted by Gasteiger charge is -2.07. The monoisotopic (exact) mass is 218 g/mol. The number of amides is 2. The van der Waals surface area contributed by atoms with E-state index < -0.39 is 5.91 Å². The van der Waals surface area contributed by atoms with Gasteiger partial charge in [-0.05, 0) is 12.1 Å². The average Bonchev–Trinajstić information content (AvgIpc) is 3.10. The molecule has 0 fully saturated rings. The Labute approximate surface area is 91.7 Å². The molecule has 0 radical (unpaired) electrons. The Morgan fingerprint density at radius 3 is 2.44 bits per heavy atom. The van der Waals surface area contributed by atoms with E-state index in [2.05, 4.69) is 10.9 Å². The van der Waals surface area contributed by atoms with Gasteiger partial charge in [-0.25, -0.2) is 0 Å². The molecular formula is C11H10N2O3. The van der Waals surface area contributed by atoms with Crippen molar-refractivity contribution >= 4 is 11.8 Å². The lowest BCUT2D eigenvalue weighted by atomic mass is 10.2. The van der Waals surface area contributed by atoms with Gasteiger partial charge >= 0.3 is 0 Å². The Kier molecular flexibility index (Phi) is 2.59. The van der Waals surface area contributed by atoms with E-state index >= 15 is 0 Å². The molecule has 0 saturated carbocycles. The van der Waals surface area contributed by atoms with E-state index in [4.69, 9.17) is 0 Å². The van der Waals surface area contributed by atoms with Crippen LogP contribution in [-0.2, 0) is 4.79 Å². The number of carbonyl (C=O) groups is 2. The predicted octanol–water partition coefficient (Wildman–Crippen LogP) is 0.339. The molecule has 5 heteroatoms. The zero-order valence-corrected chi connectivity index (χ0v) is 8.31. The number of phenols is 1. The topological polar surface area (TPSA) is 78.4 Å². The SMILES string of the molecule is O=C(NNC(=O)C1C=C1)c1ccccc1O. The smallest absolute Gasteiger partial charge is 0.273 e. The van der Waals surface area contributed by atoms with Crippen molar-refractivity contribution in [3.63, 3.8) is 0 Å². The van der Waals surface area contributed by atoms with Crippen molar-refractivity contribution in [2.75, 3.05) is 0 Å². The minimum absolute atomic E-state index is 0.117. The molecule has 16 heavy (non-hydrogen) atoms. The molecule has 1 aromatic rings. The molecule has 0 aromatic heterocycles. The van der Waals surface area contributed by atoms with E-state index in [1.54, 1.807) is 24.3 Å². The normalized spacial score (nSPS) is 13.2. The van der Waals surface area contributed by atoms with Crippen LogP contribution in [0.5, 0.6) is 5.75 Å². The highest BCUT2D eigenvalue weighted by Gasteiger charge is 2.21. The van der Waals surface area contributed by atoms with Crippen molar-refractivity contribution in [1.82, 2.24) is 10.9 Å². The first-order valence-electron chi connectivity index (χ1n) is 4.75. The molecule has 3 N–H and O–H groups in total. The maximum absolute atomic E-state index is 11.5. The van der Waals surface area contributed by atoms with Gasteiger partial charge in [-0.15, -0.1) is 0 Å². The molecule has 82 valence electrons. The summed E-state index contributed by atoms with van der Waals surface area (Å²) in [6, 6.07) is 6.10. The van der Waals surface area contributed by atoms with E-state index in [1.807, 2.05) is 0 Å². The number of nitrogens with one attached hydrogen (secondary N) is 2. The van der Waals surface area contributed by atoms with Crippen LogP contribution in [0.4, 0.5) is 0 Å². The first kappa shape index (κ1) is 10.2. The predicted molar refractivity (Wildman–Crippen MR) is 56.3 cm³/mol. The van der Waals surface area contributed by atoms with Crippen molar-refractivity contribution in [1.29, 1.82) is 0 Å². The number of hydrogen-bond acceptors (Lipinski definition) is 3. The molecule has 1 aromatic carbocycles. The Morgan fingerprint density at radius 2 is 1.81 bits per heavy atom. The van der Waals surface area contributed by atoms with Gasteiger partial charge in [-0.1, -0.05) is 24.3 Å². The quantitative estimate of drug-likeness (QED) is 0.494. The Hall–Kier alpha value is -2.30. The summed E-state index contributed by atoms with van der Waals surface area (Å²) in [5.74, 6) is -1.18. The summed E-state index contributed by atoms with van der Waals surface area (Å²) in [7, 11) is 0. The highest BCUT2D eigenvalue weighted by atomic mass is 16.3. The number of rotatable bonds is 2. The molecule has 0 bridgehead atoms. The summed E-state index contributed by atoms with van der Waals surface area (Å²) in [6.07, 6.45) is 3.42. The Bertz CT molecular complexity index is 462. The van der Waals surface area contributed by atoms with Gasteiger partial charge < -0.3 is 5.11 Å². The summed E-state index contributed by atoms with van der Waals surface area (Å²) in [4.78, 5) is 22.7. The number of aromatic hydroxyl groups is 1. The lowest BCUT2D eigenvalue weighted by Crippen LogP contribution is -2.42. The largest absolute Gasteiger partial charge is 0.507 e. The first-order chi connectivity index (χ1) is 7.68. The molecule has 2 amide bonds. The number of benzene rings is 1. The third-order valence-electron chi connectivity index (χ3n) is 2.14. The molecule has 0 unspecified atom stereocenters. The average molecular weight is 218 g/mol. The first-order valence-corrected chi connectivity index (χ1v) is 4.75. The minimum atomic E-state index is -0.549. The summed E-state index contributed by atoms with van der Waals surface area (Å²) in [6.45, 7) is 0. The second kappa shape index (κ2) is 4.06. The van der Waals surface area contributed by atoms with Gasteiger partial charge in [0.05, 0.1) is 11.5 Å². The van der Waals surface area contributed by atoms with Crippen LogP contribution in [0.2, 0.25) is 0 Å². The van der Waals surface area contributed by atoms with Crippen LogP contribution < -0.4 is 10.9 Å². The van der Waals surface area contributed by atoms with Crippen LogP contribution in [-0.4, -0.2) is 16.9 Å².